The lowest BCUT2D eigenvalue weighted by atomic mass is 10.0. The molecule has 88 valence electrons. The normalized spacial score (nSPS) is 19.1. The maximum absolute atomic E-state index is 4.61. The Hall–Kier alpha value is -0.640. The first-order chi connectivity index (χ1) is 7.53. The van der Waals surface area contributed by atoms with Crippen LogP contribution in [0.4, 0.5) is 5.82 Å². The van der Waals surface area contributed by atoms with E-state index in [0.717, 1.165) is 29.2 Å². The van der Waals surface area contributed by atoms with Crippen molar-refractivity contribution in [2.45, 2.75) is 45.6 Å². The number of halogens is 1. The smallest absolute Gasteiger partial charge is 0.133 e. The highest BCUT2D eigenvalue weighted by molar-refractivity contribution is 9.10. The number of anilines is 1. The first-order valence-corrected chi connectivity index (χ1v) is 6.63. The first kappa shape index (κ1) is 11.8. The second-order valence-electron chi connectivity index (χ2n) is 4.89. The van der Waals surface area contributed by atoms with Gasteiger partial charge < -0.3 is 4.90 Å². The van der Waals surface area contributed by atoms with Gasteiger partial charge in [0.25, 0.3) is 0 Å². The molecule has 1 aromatic heterocycles. The van der Waals surface area contributed by atoms with Gasteiger partial charge in [0.1, 0.15) is 16.2 Å². The summed E-state index contributed by atoms with van der Waals surface area (Å²) in [6.45, 7) is 7.74. The van der Waals surface area contributed by atoms with Crippen LogP contribution in [-0.4, -0.2) is 22.1 Å². The largest absolute Gasteiger partial charge is 0.351 e. The maximum atomic E-state index is 4.61. The van der Waals surface area contributed by atoms with Crippen molar-refractivity contribution in [3.8, 4) is 0 Å². The van der Waals surface area contributed by atoms with E-state index in [0.29, 0.717) is 0 Å². The SMILES string of the molecule is CCc1nc(Br)cc(N2CCCC2(C)C)n1. The minimum atomic E-state index is 0.221. The topological polar surface area (TPSA) is 29.0 Å². The second-order valence-corrected chi connectivity index (χ2v) is 5.70. The van der Waals surface area contributed by atoms with Crippen molar-refractivity contribution in [1.29, 1.82) is 0 Å². The molecule has 0 aliphatic carbocycles. The van der Waals surface area contributed by atoms with Crippen molar-refractivity contribution in [1.82, 2.24) is 9.97 Å². The number of hydrogen-bond donors (Lipinski definition) is 0. The Bertz CT molecular complexity index is 390. The summed E-state index contributed by atoms with van der Waals surface area (Å²) in [5.74, 6) is 1.97. The Labute approximate surface area is 105 Å². The molecule has 16 heavy (non-hydrogen) atoms. The van der Waals surface area contributed by atoms with Gasteiger partial charge in [0.15, 0.2) is 0 Å². The van der Waals surface area contributed by atoms with E-state index in [4.69, 9.17) is 0 Å². The second kappa shape index (κ2) is 4.32. The number of rotatable bonds is 2. The van der Waals surface area contributed by atoms with Crippen molar-refractivity contribution in [3.63, 3.8) is 0 Å². The van der Waals surface area contributed by atoms with E-state index >= 15 is 0 Å². The molecule has 0 N–H and O–H groups in total. The monoisotopic (exact) mass is 283 g/mol. The zero-order valence-electron chi connectivity index (χ0n) is 10.1. The summed E-state index contributed by atoms with van der Waals surface area (Å²) in [5, 5.41) is 0. The fourth-order valence-electron chi connectivity index (χ4n) is 2.28. The van der Waals surface area contributed by atoms with Crippen LogP contribution in [0.25, 0.3) is 0 Å². The fourth-order valence-corrected chi connectivity index (χ4v) is 2.69. The third-order valence-corrected chi connectivity index (χ3v) is 3.63. The molecule has 0 unspecified atom stereocenters. The molecule has 1 fully saturated rings. The van der Waals surface area contributed by atoms with Gasteiger partial charge in [0.05, 0.1) is 0 Å². The Balaban J connectivity index is 2.36. The standard InChI is InChI=1S/C12H18BrN3/c1-4-10-14-9(13)8-11(15-10)16-7-5-6-12(16,2)3/h8H,4-7H2,1-3H3. The Kier molecular flexibility index (Phi) is 3.19. The summed E-state index contributed by atoms with van der Waals surface area (Å²) in [5.41, 5.74) is 0.221. The Morgan fingerprint density at radius 2 is 2.19 bits per heavy atom. The van der Waals surface area contributed by atoms with E-state index in [2.05, 4.69) is 51.6 Å². The Morgan fingerprint density at radius 3 is 2.75 bits per heavy atom. The van der Waals surface area contributed by atoms with Crippen LogP contribution in [0.3, 0.4) is 0 Å². The van der Waals surface area contributed by atoms with E-state index in [1.165, 1.54) is 12.8 Å². The lowest BCUT2D eigenvalue weighted by molar-refractivity contribution is 0.513. The highest BCUT2D eigenvalue weighted by Crippen LogP contribution is 2.33. The molecule has 0 radical (unpaired) electrons. The van der Waals surface area contributed by atoms with Crippen LogP contribution < -0.4 is 4.90 Å². The number of hydrogen-bond acceptors (Lipinski definition) is 3. The summed E-state index contributed by atoms with van der Waals surface area (Å²) in [4.78, 5) is 11.4. The van der Waals surface area contributed by atoms with Gasteiger partial charge >= 0.3 is 0 Å². The minimum Gasteiger partial charge on any atom is -0.351 e. The van der Waals surface area contributed by atoms with E-state index in [9.17, 15) is 0 Å². The van der Waals surface area contributed by atoms with Crippen LogP contribution in [0.5, 0.6) is 0 Å². The lowest BCUT2D eigenvalue weighted by Crippen LogP contribution is -2.38. The van der Waals surface area contributed by atoms with Crippen LogP contribution in [0, 0.1) is 0 Å². The molecule has 0 bridgehead atoms. The van der Waals surface area contributed by atoms with Crippen molar-refractivity contribution in [3.05, 3.63) is 16.5 Å². The number of aryl methyl sites for hydroxylation is 1. The first-order valence-electron chi connectivity index (χ1n) is 5.84. The molecular weight excluding hydrogens is 266 g/mol. The zero-order valence-corrected chi connectivity index (χ0v) is 11.7. The van der Waals surface area contributed by atoms with Crippen LogP contribution in [0.1, 0.15) is 39.4 Å². The number of nitrogens with zero attached hydrogens (tertiary/aromatic N) is 3. The van der Waals surface area contributed by atoms with Crippen LogP contribution >= 0.6 is 15.9 Å². The van der Waals surface area contributed by atoms with Gasteiger partial charge in [0.2, 0.25) is 0 Å². The predicted octanol–water partition coefficient (Wildman–Crippen LogP) is 3.18. The van der Waals surface area contributed by atoms with Gasteiger partial charge in [-0.2, -0.15) is 0 Å². The molecule has 2 heterocycles. The molecule has 4 heteroatoms. The van der Waals surface area contributed by atoms with Crippen molar-refractivity contribution in [2.24, 2.45) is 0 Å². The Morgan fingerprint density at radius 1 is 1.44 bits per heavy atom. The summed E-state index contributed by atoms with van der Waals surface area (Å²) in [6.07, 6.45) is 3.35. The molecule has 1 aliphatic rings. The van der Waals surface area contributed by atoms with Gasteiger partial charge in [-0.1, -0.05) is 6.92 Å². The fraction of sp³-hybridized carbons (Fsp3) is 0.667. The average Bonchev–Trinajstić information content (AvgIpc) is 2.57. The highest BCUT2D eigenvalue weighted by Gasteiger charge is 2.33. The van der Waals surface area contributed by atoms with Crippen molar-refractivity contribution in [2.75, 3.05) is 11.4 Å². The van der Waals surface area contributed by atoms with E-state index < -0.39 is 0 Å². The molecule has 3 nitrogen and oxygen atoms in total. The summed E-state index contributed by atoms with van der Waals surface area (Å²) in [7, 11) is 0. The molecule has 1 saturated heterocycles. The number of aromatic nitrogens is 2. The van der Waals surface area contributed by atoms with Crippen LogP contribution in [0.15, 0.2) is 10.7 Å². The summed E-state index contributed by atoms with van der Waals surface area (Å²) < 4.78 is 0.886. The molecule has 0 saturated carbocycles. The molecule has 1 aromatic rings. The van der Waals surface area contributed by atoms with Crippen molar-refractivity contribution < 1.29 is 0 Å². The van der Waals surface area contributed by atoms with Gasteiger partial charge in [-0.05, 0) is 42.6 Å². The molecular formula is C12H18BrN3. The van der Waals surface area contributed by atoms with Gasteiger partial charge in [-0.25, -0.2) is 9.97 Å². The van der Waals surface area contributed by atoms with E-state index in [1.807, 2.05) is 6.07 Å². The maximum Gasteiger partial charge on any atom is 0.133 e. The van der Waals surface area contributed by atoms with Crippen LogP contribution in [0.2, 0.25) is 0 Å². The molecule has 0 atom stereocenters. The van der Waals surface area contributed by atoms with Gasteiger partial charge in [-0.3, -0.25) is 0 Å². The molecule has 1 aliphatic heterocycles. The third-order valence-electron chi connectivity index (χ3n) is 3.22. The van der Waals surface area contributed by atoms with E-state index in [-0.39, 0.29) is 5.54 Å². The average molecular weight is 284 g/mol. The minimum absolute atomic E-state index is 0.221. The van der Waals surface area contributed by atoms with Gasteiger partial charge in [0, 0.05) is 24.6 Å². The predicted molar refractivity (Wildman–Crippen MR) is 69.8 cm³/mol. The zero-order chi connectivity index (χ0) is 11.8. The van der Waals surface area contributed by atoms with Gasteiger partial charge in [-0.15, -0.1) is 0 Å². The molecule has 0 spiro atoms. The lowest BCUT2D eigenvalue weighted by Gasteiger charge is -2.32. The summed E-state index contributed by atoms with van der Waals surface area (Å²) >= 11 is 3.46. The third kappa shape index (κ3) is 2.21. The molecule has 2 rings (SSSR count). The quantitative estimate of drug-likeness (QED) is 0.781. The van der Waals surface area contributed by atoms with E-state index in [1.54, 1.807) is 0 Å². The highest BCUT2D eigenvalue weighted by atomic mass is 79.9. The molecule has 0 aromatic carbocycles. The van der Waals surface area contributed by atoms with Crippen LogP contribution in [-0.2, 0) is 6.42 Å². The summed E-state index contributed by atoms with van der Waals surface area (Å²) in [6, 6.07) is 2.02. The van der Waals surface area contributed by atoms with Crippen molar-refractivity contribution >= 4 is 21.7 Å². The molecule has 0 amide bonds.